The van der Waals surface area contributed by atoms with Crippen LogP contribution in [-0.2, 0) is 4.74 Å². The van der Waals surface area contributed by atoms with Crippen LogP contribution in [0.4, 0.5) is 0 Å². The van der Waals surface area contributed by atoms with Gasteiger partial charge in [-0.3, -0.25) is 0 Å². The minimum Gasteiger partial charge on any atom is -0.364 e. The van der Waals surface area contributed by atoms with E-state index in [9.17, 15) is 0 Å². The molecule has 0 radical (unpaired) electrons. The first-order chi connectivity index (χ1) is 32.2. The van der Waals surface area contributed by atoms with E-state index in [2.05, 4.69) is 267 Å². The predicted molar refractivity (Wildman–Crippen MR) is 386 cm³/mol. The first-order valence-electron chi connectivity index (χ1n) is 27.1. The predicted octanol–water partition coefficient (Wildman–Crippen LogP) is 28.9. The second-order valence-electron chi connectivity index (χ2n) is 23.5. The van der Waals surface area contributed by atoms with Crippen molar-refractivity contribution in [3.63, 3.8) is 0 Å². The Bertz CT molecular complexity index is 1550. The summed E-state index contributed by atoms with van der Waals surface area (Å²) in [6.07, 6.45) is 6.09. The Morgan fingerprint density at radius 3 is 0.623 bits per heavy atom. The summed E-state index contributed by atoms with van der Waals surface area (Å²) in [6, 6.07) is 0. The second-order valence-corrected chi connectivity index (χ2v) is 26.3. The summed E-state index contributed by atoms with van der Waals surface area (Å²) >= 11 is 0. The molecule has 1 aliphatic carbocycles. The molecular weight excluding hydrogens is 969 g/mol. The quantitative estimate of drug-likeness (QED) is 0.0895. The lowest BCUT2D eigenvalue weighted by Crippen LogP contribution is -2.10. The van der Waals surface area contributed by atoms with Crippen molar-refractivity contribution in [2.45, 2.75) is 339 Å². The van der Waals surface area contributed by atoms with Crippen LogP contribution in [-0.4, -0.2) is 23.2 Å². The molecule has 3 heteroatoms. The monoisotopic (exact) mass is 1120 g/mol. The standard InChI is InChI=1S/3C10H18.C9H16.C6H12O.C6H12.C5H12.C4H8.C4H6.C3H8S2.C2H6.5CH4/c3*1-7(2)9(5)10(6)8(3)4;1-6(2)8-7(3)9(8,4)5;1-5(2)6(3,4)7-5;1-5(2)6(3)4;1-5(2,3)4;2*1-3-4-2;1-3-5-4-2;1-2;;;;;/h3*1-6H3;7H,1-5H3;1-4H3;1-4H3;1-4H3;3-4H,1-2H3;1-2H3;3H2,1-2H3;1-2H3;5*1H4/b;;;;;;;4-3-;;;;;;;;. The molecule has 1 nitrogen and oxygen atoms in total. The molecule has 1 unspecified atom stereocenters. The average Bonchev–Trinajstić information content (AvgIpc) is 3.98. The number of allylic oxidation sites excluding steroid dienone is 18. The molecule has 0 amide bonds. The van der Waals surface area contributed by atoms with Gasteiger partial charge in [0.1, 0.15) is 0 Å². The van der Waals surface area contributed by atoms with E-state index >= 15 is 0 Å². The molecule has 77 heavy (non-hydrogen) atoms. The van der Waals surface area contributed by atoms with Gasteiger partial charge in [-0.1, -0.05) is 196 Å². The Hall–Kier alpha value is -2.12. The van der Waals surface area contributed by atoms with Crippen molar-refractivity contribution in [1.29, 1.82) is 0 Å². The maximum atomic E-state index is 5.29. The van der Waals surface area contributed by atoms with Crippen LogP contribution in [0.25, 0.3) is 0 Å². The zero-order valence-corrected chi connectivity index (χ0v) is 59.3. The molecule has 1 saturated carbocycles. The van der Waals surface area contributed by atoms with Crippen molar-refractivity contribution < 1.29 is 4.74 Å². The summed E-state index contributed by atoms with van der Waals surface area (Å²) in [6.45, 7) is 89.7. The molecule has 1 saturated heterocycles. The van der Waals surface area contributed by atoms with Gasteiger partial charge >= 0.3 is 0 Å². The first kappa shape index (κ1) is 110. The third kappa shape index (κ3) is 71.9. The van der Waals surface area contributed by atoms with Crippen molar-refractivity contribution in [3.8, 4) is 11.8 Å². The minimum atomic E-state index is 0. The molecule has 0 bridgehead atoms. The smallest absolute Gasteiger partial charge is 0.0918 e. The summed E-state index contributed by atoms with van der Waals surface area (Å²) in [5.74, 6) is 7.42. The zero-order valence-electron chi connectivity index (χ0n) is 57.7. The Morgan fingerprint density at radius 1 is 0.455 bits per heavy atom. The van der Waals surface area contributed by atoms with Crippen LogP contribution in [0.2, 0.25) is 0 Å². The highest BCUT2D eigenvalue weighted by Crippen LogP contribution is 2.58. The van der Waals surface area contributed by atoms with E-state index in [0.717, 1.165) is 5.92 Å². The lowest BCUT2D eigenvalue weighted by atomic mass is 10.0. The van der Waals surface area contributed by atoms with Crippen molar-refractivity contribution in [2.24, 2.45) is 16.7 Å². The number of epoxide rings is 1. The fourth-order valence-corrected chi connectivity index (χ4v) is 5.77. The van der Waals surface area contributed by atoms with Crippen LogP contribution in [0.3, 0.4) is 0 Å². The summed E-state index contributed by atoms with van der Waals surface area (Å²) in [7, 11) is 3.70. The van der Waals surface area contributed by atoms with Crippen LogP contribution in [0.5, 0.6) is 0 Å². The van der Waals surface area contributed by atoms with Crippen LogP contribution < -0.4 is 0 Å². The molecule has 0 aromatic carbocycles. The molecule has 0 aromatic heterocycles. The lowest BCUT2D eigenvalue weighted by molar-refractivity contribution is 0.296. The molecule has 0 N–H and O–H groups in total. The Morgan fingerprint density at radius 2 is 0.610 bits per heavy atom. The Labute approximate surface area is 504 Å². The average molecular weight is 1120 g/mol. The maximum Gasteiger partial charge on any atom is 0.0918 e. The molecular formula is C74H154OS2. The summed E-state index contributed by atoms with van der Waals surface area (Å²) in [4.78, 5) is 0. The van der Waals surface area contributed by atoms with Gasteiger partial charge in [0.15, 0.2) is 0 Å². The van der Waals surface area contributed by atoms with Crippen LogP contribution in [0, 0.1) is 28.6 Å². The van der Waals surface area contributed by atoms with E-state index in [1.807, 2.05) is 75.3 Å². The van der Waals surface area contributed by atoms with Gasteiger partial charge in [-0.05, 0) is 278 Å². The van der Waals surface area contributed by atoms with Gasteiger partial charge in [-0.15, -0.1) is 11.8 Å². The van der Waals surface area contributed by atoms with Gasteiger partial charge in [-0.25, -0.2) is 0 Å². The molecule has 2 fully saturated rings. The normalized spacial score (nSPS) is 12.7. The van der Waals surface area contributed by atoms with Gasteiger partial charge in [0.2, 0.25) is 0 Å². The molecule has 1 atom stereocenters. The summed E-state index contributed by atoms with van der Waals surface area (Å²) in [5, 5.41) is 0. The van der Waals surface area contributed by atoms with E-state index in [4.69, 9.17) is 4.74 Å². The SMILES string of the molecule is C.C.C.C.C.C/C=C\C.CC.CC#CC.CC(C)(C)C.CC(C)=C(C)C.CC(C)=C(C)C(C)=C(C)C.CC(C)=C(C)C(C)=C(C)C.CC(C)=C(C)C(C)=C(C)C.CC(C)=C1C(C)C1(C)C.CC1(C)OC1(C)C.CCSSC. The molecule has 2 aliphatic rings. The summed E-state index contributed by atoms with van der Waals surface area (Å²) < 4.78 is 5.29. The van der Waals surface area contributed by atoms with E-state index in [1.165, 1.54) is 89.3 Å². The van der Waals surface area contributed by atoms with E-state index in [-0.39, 0.29) is 48.3 Å². The second kappa shape index (κ2) is 60.0. The Balaban J connectivity index is -0.0000000479. The molecule has 1 heterocycles. The van der Waals surface area contributed by atoms with Gasteiger partial charge in [0, 0.05) is 5.75 Å². The van der Waals surface area contributed by atoms with Gasteiger partial charge in [-0.2, -0.15) is 0 Å². The van der Waals surface area contributed by atoms with Crippen molar-refractivity contribution in [3.05, 3.63) is 101 Å². The number of hydrogen-bond acceptors (Lipinski definition) is 3. The molecule has 0 aromatic rings. The number of hydrogen-bond donors (Lipinski definition) is 0. The topological polar surface area (TPSA) is 12.5 Å². The lowest BCUT2D eigenvalue weighted by Gasteiger charge is -2.05. The van der Waals surface area contributed by atoms with Crippen LogP contribution >= 0.6 is 21.6 Å². The van der Waals surface area contributed by atoms with E-state index < -0.39 is 0 Å². The van der Waals surface area contributed by atoms with E-state index in [1.54, 1.807) is 5.57 Å². The number of rotatable bonds is 5. The van der Waals surface area contributed by atoms with Crippen LogP contribution in [0.15, 0.2) is 101 Å². The Kier molecular flexibility index (Phi) is 85.9. The van der Waals surface area contributed by atoms with Crippen molar-refractivity contribution in [1.82, 2.24) is 0 Å². The van der Waals surface area contributed by atoms with Gasteiger partial charge in [0.25, 0.3) is 0 Å². The van der Waals surface area contributed by atoms with Crippen LogP contribution in [0.1, 0.15) is 328 Å². The maximum absolute atomic E-state index is 5.29. The van der Waals surface area contributed by atoms with Gasteiger partial charge < -0.3 is 4.74 Å². The minimum absolute atomic E-state index is 0. The van der Waals surface area contributed by atoms with Crippen molar-refractivity contribution in [2.75, 3.05) is 12.0 Å². The molecule has 2 rings (SSSR count). The zero-order chi connectivity index (χ0) is 60.5. The fraction of sp³-hybridized carbons (Fsp3) is 0.730. The highest BCUT2D eigenvalue weighted by atomic mass is 33.1. The fourth-order valence-electron chi connectivity index (χ4n) is 4.83. The first-order valence-corrected chi connectivity index (χ1v) is 29.8. The third-order valence-corrected chi connectivity index (χ3v) is 14.5. The third-order valence-electron chi connectivity index (χ3n) is 12.6. The van der Waals surface area contributed by atoms with Gasteiger partial charge in [0.05, 0.1) is 11.2 Å². The molecule has 0 spiro atoms. The highest BCUT2D eigenvalue weighted by molar-refractivity contribution is 8.76. The summed E-state index contributed by atoms with van der Waals surface area (Å²) in [5.41, 5.74) is 24.4. The number of ether oxygens (including phenoxy) is 1. The highest BCUT2D eigenvalue weighted by Gasteiger charge is 2.55. The van der Waals surface area contributed by atoms with Crippen molar-refractivity contribution >= 4 is 21.6 Å². The largest absolute Gasteiger partial charge is 0.364 e. The molecule has 468 valence electrons. The molecule has 1 aliphatic heterocycles. The van der Waals surface area contributed by atoms with E-state index in [0.29, 0.717) is 10.8 Å².